The molecular formula is C16H14AsN3O. The fourth-order valence-corrected chi connectivity index (χ4v) is 7.34. The number of hydrogen-bond acceptors (Lipinski definition) is 4. The molecule has 2 aromatic carbocycles. The second-order valence-corrected chi connectivity index (χ2v) is 9.06. The first-order valence-corrected chi connectivity index (χ1v) is 9.69. The van der Waals surface area contributed by atoms with E-state index in [1.165, 1.54) is 0 Å². The Morgan fingerprint density at radius 2 is 1.67 bits per heavy atom. The minimum atomic E-state index is -1.71. The third-order valence-corrected chi connectivity index (χ3v) is 8.58. The summed E-state index contributed by atoms with van der Waals surface area (Å²) in [4.78, 5) is 5.74. The number of anilines is 1. The standard InChI is InChI=1S/C16H14AsN3O/c1-12-16-17(20(18-12)14-10-6-3-7-11-14)15(19-21-16)13-8-4-2-5-9-13/h2-11,16H,1H3. The van der Waals surface area contributed by atoms with Crippen molar-refractivity contribution in [1.82, 2.24) is 0 Å². The molecule has 0 spiro atoms. The van der Waals surface area contributed by atoms with Crippen LogP contribution in [0.4, 0.5) is 5.69 Å². The van der Waals surface area contributed by atoms with Crippen LogP contribution in [0.3, 0.4) is 0 Å². The third kappa shape index (κ3) is 2.07. The Hall–Kier alpha value is -2.06. The van der Waals surface area contributed by atoms with Crippen LogP contribution in [0.2, 0.25) is 0 Å². The number of benzene rings is 2. The van der Waals surface area contributed by atoms with E-state index < -0.39 is 14.9 Å². The van der Waals surface area contributed by atoms with Gasteiger partial charge < -0.3 is 0 Å². The summed E-state index contributed by atoms with van der Waals surface area (Å²) in [6, 6.07) is 20.6. The van der Waals surface area contributed by atoms with Crippen molar-refractivity contribution < 1.29 is 4.84 Å². The molecule has 2 aliphatic rings. The van der Waals surface area contributed by atoms with Crippen LogP contribution in [-0.4, -0.2) is 30.0 Å². The Morgan fingerprint density at radius 3 is 2.38 bits per heavy atom. The van der Waals surface area contributed by atoms with Crippen molar-refractivity contribution in [3.8, 4) is 0 Å². The van der Waals surface area contributed by atoms with Crippen molar-refractivity contribution >= 4 is 30.8 Å². The molecule has 21 heavy (non-hydrogen) atoms. The molecule has 2 heterocycles. The van der Waals surface area contributed by atoms with Gasteiger partial charge in [-0.25, -0.2) is 0 Å². The number of rotatable bonds is 2. The van der Waals surface area contributed by atoms with Crippen LogP contribution in [0.15, 0.2) is 70.9 Å². The van der Waals surface area contributed by atoms with Gasteiger partial charge in [-0.3, -0.25) is 0 Å². The van der Waals surface area contributed by atoms with E-state index in [0.717, 1.165) is 21.5 Å². The topological polar surface area (TPSA) is 37.2 Å². The first-order chi connectivity index (χ1) is 10.3. The predicted molar refractivity (Wildman–Crippen MR) is 85.6 cm³/mol. The average Bonchev–Trinajstić information content (AvgIpc) is 3.11. The molecule has 0 amide bonds. The molecule has 4 nitrogen and oxygen atoms in total. The number of hydrazone groups is 1. The van der Waals surface area contributed by atoms with Crippen LogP contribution >= 0.6 is 0 Å². The van der Waals surface area contributed by atoms with Gasteiger partial charge in [-0.1, -0.05) is 0 Å². The molecule has 0 bridgehead atoms. The van der Waals surface area contributed by atoms with E-state index in [1.807, 2.05) is 43.3 Å². The van der Waals surface area contributed by atoms with E-state index in [-0.39, 0.29) is 4.89 Å². The number of fused-ring (bicyclic) bond motifs is 1. The minimum absolute atomic E-state index is 0.0490. The van der Waals surface area contributed by atoms with Crippen LogP contribution in [0.5, 0.6) is 0 Å². The molecule has 104 valence electrons. The molecule has 0 saturated carbocycles. The van der Waals surface area contributed by atoms with Gasteiger partial charge in [0, 0.05) is 0 Å². The zero-order chi connectivity index (χ0) is 14.2. The monoisotopic (exact) mass is 339 g/mol. The van der Waals surface area contributed by atoms with Crippen LogP contribution < -0.4 is 3.93 Å². The molecule has 2 aliphatic heterocycles. The first-order valence-electron chi connectivity index (χ1n) is 6.83. The Bertz CT molecular complexity index is 715. The van der Waals surface area contributed by atoms with Gasteiger partial charge in [0.25, 0.3) is 0 Å². The van der Waals surface area contributed by atoms with Crippen molar-refractivity contribution in [2.75, 3.05) is 3.93 Å². The summed E-state index contributed by atoms with van der Waals surface area (Å²) >= 11 is -1.71. The number of nitrogens with zero attached hydrogens (tertiary/aromatic N) is 3. The van der Waals surface area contributed by atoms with Gasteiger partial charge in [0.2, 0.25) is 0 Å². The summed E-state index contributed by atoms with van der Waals surface area (Å²) in [6.45, 7) is 2.03. The van der Waals surface area contributed by atoms with Gasteiger partial charge in [-0.2, -0.15) is 0 Å². The van der Waals surface area contributed by atoms with Gasteiger partial charge in [0.1, 0.15) is 0 Å². The predicted octanol–water partition coefficient (Wildman–Crippen LogP) is 2.76. The zero-order valence-corrected chi connectivity index (χ0v) is 13.4. The van der Waals surface area contributed by atoms with E-state index in [0.29, 0.717) is 0 Å². The van der Waals surface area contributed by atoms with E-state index >= 15 is 0 Å². The SMILES string of the molecule is CC1=NN(c2ccccc2)[As]2C(c3ccccc3)=NOC12. The summed E-state index contributed by atoms with van der Waals surface area (Å²) in [5.74, 6) is 0. The zero-order valence-electron chi connectivity index (χ0n) is 11.5. The Morgan fingerprint density at radius 1 is 1.00 bits per heavy atom. The van der Waals surface area contributed by atoms with Crippen molar-refractivity contribution in [1.29, 1.82) is 0 Å². The van der Waals surface area contributed by atoms with Crippen LogP contribution in [0.1, 0.15) is 12.5 Å². The molecule has 2 atom stereocenters. The molecule has 0 radical (unpaired) electrons. The van der Waals surface area contributed by atoms with Crippen LogP contribution in [0.25, 0.3) is 0 Å². The summed E-state index contributed by atoms with van der Waals surface area (Å²) < 4.78 is 3.24. The molecule has 0 aliphatic carbocycles. The van der Waals surface area contributed by atoms with Gasteiger partial charge >= 0.3 is 128 Å². The van der Waals surface area contributed by atoms with Crippen molar-refractivity contribution in [2.24, 2.45) is 10.3 Å². The molecule has 0 aromatic heterocycles. The second kappa shape index (κ2) is 5.05. The Balaban J connectivity index is 1.75. The third-order valence-electron chi connectivity index (χ3n) is 3.51. The van der Waals surface area contributed by atoms with E-state index in [1.54, 1.807) is 0 Å². The fourth-order valence-electron chi connectivity index (χ4n) is 2.50. The van der Waals surface area contributed by atoms with Crippen LogP contribution in [-0.2, 0) is 4.84 Å². The van der Waals surface area contributed by atoms with Crippen LogP contribution in [0, 0.1) is 0 Å². The molecule has 2 unspecified atom stereocenters. The molecular weight excluding hydrogens is 325 g/mol. The first kappa shape index (κ1) is 12.7. The number of oxime groups is 1. The number of para-hydroxylation sites is 1. The maximum atomic E-state index is 5.69. The second-order valence-electron chi connectivity index (χ2n) is 4.95. The summed E-state index contributed by atoms with van der Waals surface area (Å²) in [5.41, 5.74) is 3.29. The van der Waals surface area contributed by atoms with Gasteiger partial charge in [0.05, 0.1) is 0 Å². The Labute approximate surface area is 128 Å². The Kier molecular flexibility index (Phi) is 3.04. The van der Waals surface area contributed by atoms with E-state index in [2.05, 4.69) is 33.3 Å². The molecule has 0 fully saturated rings. The molecule has 5 heteroatoms. The molecule has 0 saturated heterocycles. The fraction of sp³-hybridized carbons (Fsp3) is 0.125. The quantitative estimate of drug-likeness (QED) is 0.789. The normalized spacial score (nSPS) is 23.4. The summed E-state index contributed by atoms with van der Waals surface area (Å²) in [5, 5.41) is 9.10. The number of hydrogen-bond donors (Lipinski definition) is 0. The van der Waals surface area contributed by atoms with Crippen molar-refractivity contribution in [3.63, 3.8) is 0 Å². The van der Waals surface area contributed by atoms with E-state index in [4.69, 9.17) is 9.94 Å². The van der Waals surface area contributed by atoms with Gasteiger partial charge in [-0.05, 0) is 0 Å². The average molecular weight is 339 g/mol. The van der Waals surface area contributed by atoms with Crippen molar-refractivity contribution in [2.45, 2.75) is 11.8 Å². The molecule has 2 aromatic rings. The van der Waals surface area contributed by atoms with Gasteiger partial charge in [0.15, 0.2) is 0 Å². The summed E-state index contributed by atoms with van der Waals surface area (Å²) in [6.07, 6.45) is 0. The van der Waals surface area contributed by atoms with Crippen molar-refractivity contribution in [3.05, 3.63) is 66.2 Å². The van der Waals surface area contributed by atoms with E-state index in [9.17, 15) is 0 Å². The van der Waals surface area contributed by atoms with Gasteiger partial charge in [-0.15, -0.1) is 0 Å². The summed E-state index contributed by atoms with van der Waals surface area (Å²) in [7, 11) is 0. The molecule has 4 rings (SSSR count). The molecule has 0 N–H and O–H groups in total. The maximum absolute atomic E-state index is 5.69.